The Labute approximate surface area is 171 Å². The highest BCUT2D eigenvalue weighted by molar-refractivity contribution is 6.30. The van der Waals surface area contributed by atoms with E-state index in [9.17, 15) is 4.79 Å². The van der Waals surface area contributed by atoms with Crippen LogP contribution in [0.5, 0.6) is 17.2 Å². The van der Waals surface area contributed by atoms with Crippen molar-refractivity contribution in [1.29, 1.82) is 0 Å². The van der Waals surface area contributed by atoms with E-state index >= 15 is 0 Å². The van der Waals surface area contributed by atoms with Gasteiger partial charge in [0, 0.05) is 23.2 Å². The monoisotopic (exact) mass is 403 g/mol. The number of nitrogens with zero attached hydrogens (tertiary/aromatic N) is 1. The highest BCUT2D eigenvalue weighted by Crippen LogP contribution is 2.33. The van der Waals surface area contributed by atoms with E-state index in [4.69, 9.17) is 25.8 Å². The zero-order valence-corrected chi connectivity index (χ0v) is 17.5. The van der Waals surface area contributed by atoms with Crippen LogP contribution >= 0.6 is 11.6 Å². The Balaban J connectivity index is 1.77. The van der Waals surface area contributed by atoms with Crippen LogP contribution < -0.4 is 14.2 Å². The van der Waals surface area contributed by atoms with Gasteiger partial charge in [0.2, 0.25) is 0 Å². The van der Waals surface area contributed by atoms with Crippen LogP contribution in [0, 0.1) is 6.92 Å². The van der Waals surface area contributed by atoms with Gasteiger partial charge in [0.15, 0.2) is 6.10 Å². The van der Waals surface area contributed by atoms with Gasteiger partial charge in [-0.2, -0.15) is 0 Å². The zero-order chi connectivity index (χ0) is 20.3. The van der Waals surface area contributed by atoms with Gasteiger partial charge in [-0.15, -0.1) is 0 Å². The molecule has 1 aliphatic rings. The smallest absolute Gasteiger partial charge is 0.263 e. The summed E-state index contributed by atoms with van der Waals surface area (Å²) in [5.41, 5.74) is 1.82. The van der Waals surface area contributed by atoms with E-state index < -0.39 is 6.10 Å². The Morgan fingerprint density at radius 3 is 2.46 bits per heavy atom. The third-order valence-corrected chi connectivity index (χ3v) is 5.12. The van der Waals surface area contributed by atoms with Crippen LogP contribution in [-0.2, 0) is 11.3 Å². The molecule has 3 rings (SSSR count). The average molecular weight is 404 g/mol. The lowest BCUT2D eigenvalue weighted by atomic mass is 10.1. The quantitative estimate of drug-likeness (QED) is 0.645. The second-order valence-electron chi connectivity index (χ2n) is 7.04. The number of benzene rings is 2. The van der Waals surface area contributed by atoms with Gasteiger partial charge < -0.3 is 19.1 Å². The molecular formula is C22H26ClNO4. The largest absolute Gasteiger partial charge is 0.497 e. The first-order chi connectivity index (χ1) is 13.4. The van der Waals surface area contributed by atoms with E-state index in [1.165, 1.54) is 0 Å². The molecule has 0 saturated heterocycles. The minimum Gasteiger partial charge on any atom is -0.497 e. The molecule has 1 amide bonds. The van der Waals surface area contributed by atoms with Crippen LogP contribution in [-0.4, -0.2) is 37.2 Å². The maximum Gasteiger partial charge on any atom is 0.263 e. The van der Waals surface area contributed by atoms with E-state index in [0.717, 1.165) is 35.5 Å². The number of amides is 1. The summed E-state index contributed by atoms with van der Waals surface area (Å²) in [7, 11) is 3.25. The third kappa shape index (κ3) is 4.71. The molecule has 1 saturated carbocycles. The Morgan fingerprint density at radius 2 is 1.86 bits per heavy atom. The summed E-state index contributed by atoms with van der Waals surface area (Å²) in [6.07, 6.45) is 1.41. The van der Waals surface area contributed by atoms with Crippen molar-refractivity contribution in [1.82, 2.24) is 4.90 Å². The van der Waals surface area contributed by atoms with Crippen molar-refractivity contribution >= 4 is 17.5 Å². The summed E-state index contributed by atoms with van der Waals surface area (Å²) in [4.78, 5) is 15.1. The van der Waals surface area contributed by atoms with Gasteiger partial charge in [0.1, 0.15) is 17.2 Å². The molecule has 1 atom stereocenters. The summed E-state index contributed by atoms with van der Waals surface area (Å²) >= 11 is 6.01. The number of carbonyl (C=O) groups excluding carboxylic acids is 1. The molecule has 0 heterocycles. The summed E-state index contributed by atoms with van der Waals surface area (Å²) < 4.78 is 16.8. The highest BCUT2D eigenvalue weighted by Gasteiger charge is 2.36. The number of ether oxygens (including phenoxy) is 3. The number of hydrogen-bond acceptors (Lipinski definition) is 4. The van der Waals surface area contributed by atoms with Crippen molar-refractivity contribution in [3.8, 4) is 17.2 Å². The highest BCUT2D eigenvalue weighted by atomic mass is 35.5. The molecule has 6 heteroatoms. The average Bonchev–Trinajstić information content (AvgIpc) is 3.52. The standard InChI is InChI=1S/C22H26ClNO4/c1-14-11-17(23)5-9-20(14)28-15(2)22(25)24(18-6-7-18)13-16-12-19(26-3)8-10-21(16)27-4/h5,8-12,15,18H,6-7,13H2,1-4H3. The Kier molecular flexibility index (Phi) is 6.35. The first-order valence-electron chi connectivity index (χ1n) is 9.37. The van der Waals surface area contributed by atoms with Crippen molar-refractivity contribution in [2.45, 2.75) is 45.4 Å². The van der Waals surface area contributed by atoms with E-state index in [0.29, 0.717) is 17.3 Å². The molecule has 0 bridgehead atoms. The van der Waals surface area contributed by atoms with Crippen molar-refractivity contribution in [2.24, 2.45) is 0 Å². The van der Waals surface area contributed by atoms with Gasteiger partial charge >= 0.3 is 0 Å². The molecule has 1 fully saturated rings. The summed E-state index contributed by atoms with van der Waals surface area (Å²) in [6, 6.07) is 11.3. The minimum absolute atomic E-state index is 0.0401. The SMILES string of the molecule is COc1ccc(OC)c(CN(C(=O)C(C)Oc2ccc(Cl)cc2C)C2CC2)c1. The van der Waals surface area contributed by atoms with Crippen LogP contribution in [0.1, 0.15) is 30.9 Å². The molecule has 0 aromatic heterocycles. The van der Waals surface area contributed by atoms with Crippen LogP contribution in [0.2, 0.25) is 5.02 Å². The predicted octanol–water partition coefficient (Wildman–Crippen LogP) is 4.62. The molecule has 2 aromatic rings. The van der Waals surface area contributed by atoms with Crippen LogP contribution in [0.4, 0.5) is 0 Å². The zero-order valence-electron chi connectivity index (χ0n) is 16.7. The van der Waals surface area contributed by atoms with Crippen LogP contribution in [0.3, 0.4) is 0 Å². The number of hydrogen-bond donors (Lipinski definition) is 0. The number of methoxy groups -OCH3 is 2. The van der Waals surface area contributed by atoms with Crippen molar-refractivity contribution in [3.05, 3.63) is 52.5 Å². The van der Waals surface area contributed by atoms with Crippen molar-refractivity contribution < 1.29 is 19.0 Å². The molecule has 28 heavy (non-hydrogen) atoms. The molecule has 0 spiro atoms. The normalized spacial score (nSPS) is 14.3. The number of aryl methyl sites for hydroxylation is 1. The molecule has 1 aliphatic carbocycles. The van der Waals surface area contributed by atoms with E-state index in [2.05, 4.69) is 0 Å². The molecule has 0 aliphatic heterocycles. The van der Waals surface area contributed by atoms with E-state index in [1.54, 1.807) is 33.3 Å². The van der Waals surface area contributed by atoms with Gasteiger partial charge in [-0.05, 0) is 68.7 Å². The molecular weight excluding hydrogens is 378 g/mol. The number of halogens is 1. The summed E-state index contributed by atoms with van der Waals surface area (Å²) in [5.74, 6) is 2.10. The number of carbonyl (C=O) groups is 1. The lowest BCUT2D eigenvalue weighted by Crippen LogP contribution is -2.41. The first-order valence-corrected chi connectivity index (χ1v) is 9.75. The first kappa shape index (κ1) is 20.3. The van der Waals surface area contributed by atoms with Gasteiger partial charge in [0.05, 0.1) is 14.2 Å². The van der Waals surface area contributed by atoms with Crippen molar-refractivity contribution in [2.75, 3.05) is 14.2 Å². The Hall–Kier alpha value is -2.40. The Morgan fingerprint density at radius 1 is 1.14 bits per heavy atom. The molecule has 0 radical (unpaired) electrons. The van der Waals surface area contributed by atoms with Crippen LogP contribution in [0.25, 0.3) is 0 Å². The van der Waals surface area contributed by atoms with Gasteiger partial charge in [-0.1, -0.05) is 11.6 Å². The number of rotatable bonds is 8. The second-order valence-corrected chi connectivity index (χ2v) is 7.48. The summed E-state index contributed by atoms with van der Waals surface area (Å²) in [6.45, 7) is 4.16. The topological polar surface area (TPSA) is 48.0 Å². The van der Waals surface area contributed by atoms with Crippen LogP contribution in [0.15, 0.2) is 36.4 Å². The lowest BCUT2D eigenvalue weighted by molar-refractivity contribution is -0.139. The Bertz CT molecular complexity index is 850. The van der Waals surface area contributed by atoms with Crippen molar-refractivity contribution in [3.63, 3.8) is 0 Å². The second kappa shape index (κ2) is 8.74. The molecule has 0 N–H and O–H groups in total. The van der Waals surface area contributed by atoms with Gasteiger partial charge in [-0.25, -0.2) is 0 Å². The van der Waals surface area contributed by atoms with E-state index in [1.807, 2.05) is 36.1 Å². The molecule has 150 valence electrons. The maximum atomic E-state index is 13.2. The van der Waals surface area contributed by atoms with Gasteiger partial charge in [-0.3, -0.25) is 4.79 Å². The van der Waals surface area contributed by atoms with E-state index in [-0.39, 0.29) is 11.9 Å². The lowest BCUT2D eigenvalue weighted by Gasteiger charge is -2.27. The maximum absolute atomic E-state index is 13.2. The molecule has 1 unspecified atom stereocenters. The minimum atomic E-state index is -0.600. The fourth-order valence-corrected chi connectivity index (χ4v) is 3.41. The third-order valence-electron chi connectivity index (χ3n) is 4.89. The van der Waals surface area contributed by atoms with Gasteiger partial charge in [0.25, 0.3) is 5.91 Å². The summed E-state index contributed by atoms with van der Waals surface area (Å²) in [5, 5.41) is 0.647. The predicted molar refractivity (Wildman–Crippen MR) is 109 cm³/mol. The fraction of sp³-hybridized carbons (Fsp3) is 0.409. The molecule has 2 aromatic carbocycles. The fourth-order valence-electron chi connectivity index (χ4n) is 3.18. The molecule has 5 nitrogen and oxygen atoms in total.